The monoisotopic (exact) mass is 728 g/mol. The third kappa shape index (κ3) is 7.10. The van der Waals surface area contributed by atoms with Crippen molar-refractivity contribution in [3.8, 4) is 34.3 Å². The molecule has 1 saturated carbocycles. The van der Waals surface area contributed by atoms with Crippen molar-refractivity contribution in [1.82, 2.24) is 34.8 Å². The van der Waals surface area contributed by atoms with Crippen LogP contribution in [0.1, 0.15) is 95.1 Å². The van der Waals surface area contributed by atoms with E-state index in [4.69, 9.17) is 50.4 Å². The standard InChI is InChI=1S/C38H45ClN8O5/c1-21(2)47-33-26(39)20-43-35(40-17-22-8-11-27(49-6)28(16-22)50-7)29(33)31(44-47)32-30(34(52-45-32)24-9-10-24)36-41-18-25(19-42-36)23-12-14-46(15-13-23)37(48)51-38(3,4)5/h8,11,16,18-21,23-24H,9-10,12-15,17H2,1-7H3,(H,40,43). The molecule has 5 aromatic rings. The topological polar surface area (TPSA) is 143 Å². The molecule has 1 aromatic carbocycles. The average molecular weight is 729 g/mol. The Kier molecular flexibility index (Phi) is 9.73. The Bertz CT molecular complexity index is 2080. The number of benzene rings is 1. The second-order valence-corrected chi connectivity index (χ2v) is 15.1. The Labute approximate surface area is 308 Å². The summed E-state index contributed by atoms with van der Waals surface area (Å²) < 4.78 is 24.5. The van der Waals surface area contributed by atoms with Gasteiger partial charge in [-0.3, -0.25) is 4.68 Å². The second kappa shape index (κ2) is 14.3. The van der Waals surface area contributed by atoms with E-state index in [0.29, 0.717) is 59.2 Å². The van der Waals surface area contributed by atoms with E-state index in [9.17, 15) is 4.79 Å². The number of aromatic nitrogens is 6. The zero-order valence-electron chi connectivity index (χ0n) is 30.7. The molecule has 0 unspecified atom stereocenters. The van der Waals surface area contributed by atoms with Crippen LogP contribution < -0.4 is 14.8 Å². The second-order valence-electron chi connectivity index (χ2n) is 14.7. The van der Waals surface area contributed by atoms with Crippen molar-refractivity contribution in [3.63, 3.8) is 0 Å². The molecule has 0 bridgehead atoms. The Balaban J connectivity index is 1.22. The summed E-state index contributed by atoms with van der Waals surface area (Å²) in [6.45, 7) is 11.5. The number of carbonyl (C=O) groups excluding carboxylic acids is 1. The quantitative estimate of drug-likeness (QED) is 0.148. The number of amides is 1. The molecule has 1 N–H and O–H groups in total. The van der Waals surface area contributed by atoms with Gasteiger partial charge < -0.3 is 29.0 Å². The van der Waals surface area contributed by atoms with Gasteiger partial charge in [-0.15, -0.1) is 0 Å². The van der Waals surface area contributed by atoms with Gasteiger partial charge in [-0.2, -0.15) is 5.10 Å². The van der Waals surface area contributed by atoms with Crippen LogP contribution in [0.3, 0.4) is 0 Å². The third-order valence-corrected chi connectivity index (χ3v) is 9.76. The lowest BCUT2D eigenvalue weighted by atomic mass is 9.91. The maximum Gasteiger partial charge on any atom is 0.410 e. The highest BCUT2D eigenvalue weighted by molar-refractivity contribution is 6.35. The molecule has 0 radical (unpaired) electrons. The number of ether oxygens (including phenoxy) is 3. The fourth-order valence-corrected chi connectivity index (χ4v) is 6.92. The van der Waals surface area contributed by atoms with Crippen molar-refractivity contribution in [2.24, 2.45) is 0 Å². The highest BCUT2D eigenvalue weighted by atomic mass is 35.5. The number of rotatable bonds is 10. The number of anilines is 1. The number of carbonyl (C=O) groups is 1. The highest BCUT2D eigenvalue weighted by Crippen LogP contribution is 2.48. The van der Waals surface area contributed by atoms with Gasteiger partial charge in [0.05, 0.1) is 41.9 Å². The number of likely N-dealkylation sites (tertiary alicyclic amines) is 1. The van der Waals surface area contributed by atoms with Crippen molar-refractivity contribution in [1.29, 1.82) is 0 Å². The van der Waals surface area contributed by atoms with E-state index in [0.717, 1.165) is 59.0 Å². The number of piperidine rings is 1. The molecule has 1 aliphatic heterocycles. The molecule has 0 spiro atoms. The van der Waals surface area contributed by atoms with Crippen LogP contribution in [0, 0.1) is 0 Å². The van der Waals surface area contributed by atoms with E-state index in [1.54, 1.807) is 25.3 Å². The van der Waals surface area contributed by atoms with E-state index in [-0.39, 0.29) is 24.0 Å². The summed E-state index contributed by atoms with van der Waals surface area (Å²) in [4.78, 5) is 28.9. The van der Waals surface area contributed by atoms with Gasteiger partial charge in [0.15, 0.2) is 23.1 Å². The molecule has 5 heterocycles. The number of nitrogens with zero attached hydrogens (tertiary/aromatic N) is 7. The van der Waals surface area contributed by atoms with Crippen molar-refractivity contribution >= 4 is 34.4 Å². The van der Waals surface area contributed by atoms with Crippen LogP contribution in [-0.4, -0.2) is 73.8 Å². The van der Waals surface area contributed by atoms with Crippen LogP contribution in [0.15, 0.2) is 41.3 Å². The van der Waals surface area contributed by atoms with E-state index in [1.807, 2.05) is 56.0 Å². The Morgan fingerprint density at radius 1 is 0.981 bits per heavy atom. The summed E-state index contributed by atoms with van der Waals surface area (Å²) >= 11 is 6.86. The molecule has 2 aliphatic rings. The van der Waals surface area contributed by atoms with Gasteiger partial charge >= 0.3 is 6.09 Å². The fourth-order valence-electron chi connectivity index (χ4n) is 6.69. The van der Waals surface area contributed by atoms with Crippen LogP contribution in [0.2, 0.25) is 5.02 Å². The minimum absolute atomic E-state index is 0.00891. The zero-order valence-corrected chi connectivity index (χ0v) is 31.5. The van der Waals surface area contributed by atoms with Gasteiger partial charge in [-0.1, -0.05) is 22.8 Å². The van der Waals surface area contributed by atoms with Crippen LogP contribution >= 0.6 is 11.6 Å². The molecule has 1 aliphatic carbocycles. The van der Waals surface area contributed by atoms with Crippen LogP contribution in [0.4, 0.5) is 10.6 Å². The van der Waals surface area contributed by atoms with Gasteiger partial charge in [-0.25, -0.2) is 19.7 Å². The third-order valence-electron chi connectivity index (χ3n) is 9.48. The molecule has 4 aromatic heterocycles. The molecular weight excluding hydrogens is 684 g/mol. The number of nitrogens with one attached hydrogen (secondary N) is 1. The Hall–Kier alpha value is -4.91. The van der Waals surface area contributed by atoms with E-state index >= 15 is 0 Å². The summed E-state index contributed by atoms with van der Waals surface area (Å²) in [6, 6.07) is 5.77. The lowest BCUT2D eigenvalue weighted by molar-refractivity contribution is 0.0204. The number of pyridine rings is 1. The molecule has 7 rings (SSSR count). The fraction of sp³-hybridized carbons (Fsp3) is 0.474. The first-order valence-electron chi connectivity index (χ1n) is 17.8. The van der Waals surface area contributed by atoms with Gasteiger partial charge in [0.25, 0.3) is 0 Å². The van der Waals surface area contributed by atoms with Crippen LogP contribution in [0.25, 0.3) is 33.7 Å². The molecule has 1 amide bonds. The predicted molar refractivity (Wildman–Crippen MR) is 198 cm³/mol. The number of fused-ring (bicyclic) bond motifs is 1. The summed E-state index contributed by atoms with van der Waals surface area (Å²) in [6.07, 6.45) is 8.77. The molecular formula is C38H45ClN8O5. The largest absolute Gasteiger partial charge is 0.493 e. The first-order chi connectivity index (χ1) is 25.0. The maximum absolute atomic E-state index is 12.6. The molecule has 0 atom stereocenters. The molecule has 2 fully saturated rings. The van der Waals surface area contributed by atoms with Crippen LogP contribution in [0.5, 0.6) is 11.5 Å². The first-order valence-corrected chi connectivity index (χ1v) is 18.1. The van der Waals surface area contributed by atoms with Gasteiger partial charge in [0.2, 0.25) is 0 Å². The summed E-state index contributed by atoms with van der Waals surface area (Å²) in [5.41, 5.74) is 4.09. The molecule has 52 heavy (non-hydrogen) atoms. The molecule has 13 nitrogen and oxygen atoms in total. The normalized spacial score (nSPS) is 15.4. The van der Waals surface area contributed by atoms with Gasteiger partial charge in [0.1, 0.15) is 22.8 Å². The molecule has 14 heteroatoms. The number of halogens is 1. The molecule has 274 valence electrons. The summed E-state index contributed by atoms with van der Waals surface area (Å²) in [5.74, 6) is 3.65. The lowest BCUT2D eigenvalue weighted by Gasteiger charge is -2.33. The lowest BCUT2D eigenvalue weighted by Crippen LogP contribution is -2.41. The predicted octanol–water partition coefficient (Wildman–Crippen LogP) is 8.40. The maximum atomic E-state index is 12.6. The van der Waals surface area contributed by atoms with Crippen molar-refractivity contribution < 1.29 is 23.5 Å². The van der Waals surface area contributed by atoms with Crippen LogP contribution in [-0.2, 0) is 11.3 Å². The highest BCUT2D eigenvalue weighted by Gasteiger charge is 2.36. The summed E-state index contributed by atoms with van der Waals surface area (Å²) in [5, 5.41) is 14.4. The zero-order chi connectivity index (χ0) is 36.7. The minimum Gasteiger partial charge on any atom is -0.493 e. The van der Waals surface area contributed by atoms with Gasteiger partial charge in [0, 0.05) is 44.0 Å². The van der Waals surface area contributed by atoms with Crippen molar-refractivity contribution in [2.45, 2.75) is 90.3 Å². The minimum atomic E-state index is -0.524. The molecule has 1 saturated heterocycles. The summed E-state index contributed by atoms with van der Waals surface area (Å²) in [7, 11) is 3.23. The van der Waals surface area contributed by atoms with Crippen molar-refractivity contribution in [3.05, 3.63) is 58.7 Å². The van der Waals surface area contributed by atoms with Crippen molar-refractivity contribution in [2.75, 3.05) is 32.6 Å². The van der Waals surface area contributed by atoms with E-state index < -0.39 is 5.60 Å². The number of hydrogen-bond acceptors (Lipinski definition) is 11. The average Bonchev–Trinajstić information content (AvgIpc) is 3.75. The Morgan fingerprint density at radius 3 is 2.33 bits per heavy atom. The van der Waals surface area contributed by atoms with Gasteiger partial charge in [-0.05, 0) is 89.5 Å². The van der Waals surface area contributed by atoms with E-state index in [2.05, 4.69) is 24.3 Å². The van der Waals surface area contributed by atoms with E-state index in [1.165, 1.54) is 0 Å². The first kappa shape index (κ1) is 35.5. The number of methoxy groups -OCH3 is 2. The number of hydrogen-bond donors (Lipinski definition) is 1. The SMILES string of the molecule is COc1ccc(CNc2ncc(Cl)c3c2c(-c2noc(C4CC4)c2-c2ncc(C4CCN(C(=O)OC(C)(C)C)CC4)cn2)nn3C(C)C)cc1OC. The smallest absolute Gasteiger partial charge is 0.410 e. The Morgan fingerprint density at radius 2 is 1.69 bits per heavy atom.